The van der Waals surface area contributed by atoms with E-state index in [1.807, 2.05) is 0 Å². The molecule has 0 aliphatic heterocycles. The molecule has 2 aromatic rings. The predicted octanol–water partition coefficient (Wildman–Crippen LogP) is 5.85. The summed E-state index contributed by atoms with van der Waals surface area (Å²) in [6.07, 6.45) is 1.79. The van der Waals surface area contributed by atoms with Gasteiger partial charge in [0.15, 0.2) is 0 Å². The monoisotopic (exact) mass is 307 g/mol. The quantitative estimate of drug-likeness (QED) is 0.688. The van der Waals surface area contributed by atoms with Crippen LogP contribution in [0.15, 0.2) is 66.9 Å². The van der Waals surface area contributed by atoms with Crippen LogP contribution in [-0.4, -0.2) is 0 Å². The molecule has 1 atom stereocenters. The Labute approximate surface area is 140 Å². The standard InChI is InChI=1S/C22H29N/c1-16(2)22(17(3)23,15-21(4,5)6)14-18-11-12-19-9-7-8-10-20(19)13-18/h7-13H,1,3,14-15,23H2,2,4-6H3. The SMILES string of the molecule is C=C(C)C(Cc1ccc2ccccc2c1)(CC(C)(C)C)C(=C)N. The van der Waals surface area contributed by atoms with Crippen LogP contribution in [0.25, 0.3) is 10.8 Å². The number of fused-ring (bicyclic) bond motifs is 1. The summed E-state index contributed by atoms with van der Waals surface area (Å²) in [4.78, 5) is 0. The summed E-state index contributed by atoms with van der Waals surface area (Å²) in [6, 6.07) is 15.1. The van der Waals surface area contributed by atoms with Gasteiger partial charge in [-0.15, -0.1) is 0 Å². The molecule has 2 aromatic carbocycles. The molecule has 0 aliphatic carbocycles. The predicted molar refractivity (Wildman–Crippen MR) is 102 cm³/mol. The van der Waals surface area contributed by atoms with Crippen LogP contribution in [0.5, 0.6) is 0 Å². The first-order chi connectivity index (χ1) is 10.6. The van der Waals surface area contributed by atoms with E-state index in [0.29, 0.717) is 5.70 Å². The molecule has 0 bridgehead atoms. The molecule has 1 heteroatoms. The lowest BCUT2D eigenvalue weighted by Gasteiger charge is -2.40. The lowest BCUT2D eigenvalue weighted by atomic mass is 9.65. The molecule has 1 unspecified atom stereocenters. The molecule has 0 spiro atoms. The van der Waals surface area contributed by atoms with Crippen LogP contribution in [0.3, 0.4) is 0 Å². The number of rotatable bonds is 5. The van der Waals surface area contributed by atoms with Crippen molar-refractivity contribution in [2.45, 2.75) is 40.5 Å². The van der Waals surface area contributed by atoms with Crippen molar-refractivity contribution in [2.24, 2.45) is 16.6 Å². The highest BCUT2D eigenvalue weighted by Gasteiger charge is 2.37. The number of benzene rings is 2. The van der Waals surface area contributed by atoms with Crippen molar-refractivity contribution in [2.75, 3.05) is 0 Å². The highest BCUT2D eigenvalue weighted by molar-refractivity contribution is 5.83. The van der Waals surface area contributed by atoms with Gasteiger partial charge in [0, 0.05) is 11.1 Å². The van der Waals surface area contributed by atoms with Gasteiger partial charge in [-0.05, 0) is 41.5 Å². The molecule has 23 heavy (non-hydrogen) atoms. The van der Waals surface area contributed by atoms with Gasteiger partial charge in [0.1, 0.15) is 0 Å². The fourth-order valence-electron chi connectivity index (χ4n) is 3.47. The van der Waals surface area contributed by atoms with Crippen molar-refractivity contribution in [3.05, 3.63) is 72.5 Å². The first-order valence-corrected chi connectivity index (χ1v) is 8.23. The first-order valence-electron chi connectivity index (χ1n) is 8.23. The van der Waals surface area contributed by atoms with E-state index in [0.717, 1.165) is 18.4 Å². The molecule has 0 saturated heterocycles. The Balaban J connectivity index is 2.46. The van der Waals surface area contributed by atoms with E-state index in [-0.39, 0.29) is 10.8 Å². The molecule has 0 fully saturated rings. The van der Waals surface area contributed by atoms with Gasteiger partial charge in [-0.3, -0.25) is 0 Å². The summed E-state index contributed by atoms with van der Waals surface area (Å²) < 4.78 is 0. The average molecular weight is 307 g/mol. The molecule has 1 nitrogen and oxygen atoms in total. The van der Waals surface area contributed by atoms with E-state index in [1.165, 1.54) is 16.3 Å². The maximum atomic E-state index is 6.28. The van der Waals surface area contributed by atoms with E-state index < -0.39 is 0 Å². The van der Waals surface area contributed by atoms with Crippen molar-refractivity contribution in [3.63, 3.8) is 0 Å². The third-order valence-corrected chi connectivity index (χ3v) is 4.58. The third-order valence-electron chi connectivity index (χ3n) is 4.58. The van der Waals surface area contributed by atoms with E-state index >= 15 is 0 Å². The van der Waals surface area contributed by atoms with Gasteiger partial charge in [0.05, 0.1) is 0 Å². The van der Waals surface area contributed by atoms with Gasteiger partial charge in [-0.2, -0.15) is 0 Å². The molecular formula is C22H29N. The summed E-state index contributed by atoms with van der Waals surface area (Å²) in [5, 5.41) is 2.53. The zero-order chi connectivity index (χ0) is 17.3. The summed E-state index contributed by atoms with van der Waals surface area (Å²) in [5.41, 5.74) is 9.26. The Morgan fingerprint density at radius 3 is 2.13 bits per heavy atom. The summed E-state index contributed by atoms with van der Waals surface area (Å²) >= 11 is 0. The fourth-order valence-corrected chi connectivity index (χ4v) is 3.47. The highest BCUT2D eigenvalue weighted by atomic mass is 14.6. The minimum Gasteiger partial charge on any atom is -0.402 e. The minimum absolute atomic E-state index is 0.151. The van der Waals surface area contributed by atoms with Crippen LogP contribution < -0.4 is 5.73 Å². The summed E-state index contributed by atoms with van der Waals surface area (Å²) in [6.45, 7) is 17.2. The van der Waals surface area contributed by atoms with Gasteiger partial charge in [-0.25, -0.2) is 0 Å². The van der Waals surface area contributed by atoms with Crippen molar-refractivity contribution >= 4 is 10.8 Å². The van der Waals surface area contributed by atoms with Crippen molar-refractivity contribution < 1.29 is 0 Å². The maximum Gasteiger partial charge on any atom is 0.0341 e. The Kier molecular flexibility index (Phi) is 4.70. The average Bonchev–Trinajstić information content (AvgIpc) is 2.44. The van der Waals surface area contributed by atoms with Crippen molar-refractivity contribution in [3.8, 4) is 0 Å². The zero-order valence-corrected chi connectivity index (χ0v) is 14.9. The highest BCUT2D eigenvalue weighted by Crippen LogP contribution is 2.45. The molecule has 122 valence electrons. The lowest BCUT2D eigenvalue weighted by molar-refractivity contribution is 0.244. The number of allylic oxidation sites excluding steroid dienone is 1. The number of hydrogen-bond donors (Lipinski definition) is 1. The number of nitrogens with two attached hydrogens (primary N) is 1. The Morgan fingerprint density at radius 2 is 1.61 bits per heavy atom. The van der Waals surface area contributed by atoms with E-state index in [1.54, 1.807) is 0 Å². The van der Waals surface area contributed by atoms with E-state index in [2.05, 4.69) is 83.3 Å². The topological polar surface area (TPSA) is 26.0 Å². The lowest BCUT2D eigenvalue weighted by Crippen LogP contribution is -2.35. The van der Waals surface area contributed by atoms with Crippen LogP contribution in [0, 0.1) is 10.8 Å². The summed E-state index contributed by atoms with van der Waals surface area (Å²) in [7, 11) is 0. The Hall–Kier alpha value is -2.02. The van der Waals surface area contributed by atoms with Crippen LogP contribution in [-0.2, 0) is 6.42 Å². The smallest absolute Gasteiger partial charge is 0.0341 e. The van der Waals surface area contributed by atoms with Crippen LogP contribution in [0.4, 0.5) is 0 Å². The molecule has 0 radical (unpaired) electrons. The molecule has 0 aromatic heterocycles. The van der Waals surface area contributed by atoms with E-state index in [4.69, 9.17) is 5.73 Å². The molecule has 2 N–H and O–H groups in total. The van der Waals surface area contributed by atoms with Crippen molar-refractivity contribution in [1.29, 1.82) is 0 Å². The molecule has 0 amide bonds. The Bertz CT molecular complexity index is 717. The zero-order valence-electron chi connectivity index (χ0n) is 14.9. The fraction of sp³-hybridized carbons (Fsp3) is 0.364. The third kappa shape index (κ3) is 3.85. The minimum atomic E-state index is -0.263. The van der Waals surface area contributed by atoms with Crippen LogP contribution in [0.2, 0.25) is 0 Å². The molecule has 0 aliphatic rings. The second-order valence-electron chi connectivity index (χ2n) is 7.98. The maximum absolute atomic E-state index is 6.28. The second-order valence-corrected chi connectivity index (χ2v) is 7.98. The molecule has 2 rings (SSSR count). The van der Waals surface area contributed by atoms with Crippen LogP contribution >= 0.6 is 0 Å². The van der Waals surface area contributed by atoms with E-state index in [9.17, 15) is 0 Å². The molecule has 0 saturated carbocycles. The second kappa shape index (κ2) is 6.23. The normalized spacial score (nSPS) is 14.4. The van der Waals surface area contributed by atoms with Gasteiger partial charge < -0.3 is 5.73 Å². The molecular weight excluding hydrogens is 278 g/mol. The largest absolute Gasteiger partial charge is 0.402 e. The summed E-state index contributed by atoms with van der Waals surface area (Å²) in [5.74, 6) is 0. The molecule has 0 heterocycles. The Morgan fingerprint density at radius 1 is 1.00 bits per heavy atom. The van der Waals surface area contributed by atoms with Gasteiger partial charge in [0.25, 0.3) is 0 Å². The van der Waals surface area contributed by atoms with Crippen LogP contribution in [0.1, 0.15) is 39.7 Å². The van der Waals surface area contributed by atoms with Crippen molar-refractivity contribution in [1.82, 2.24) is 0 Å². The van der Waals surface area contributed by atoms with Gasteiger partial charge in [-0.1, -0.05) is 82.0 Å². The van der Waals surface area contributed by atoms with Gasteiger partial charge in [0.2, 0.25) is 0 Å². The number of hydrogen-bond acceptors (Lipinski definition) is 1. The van der Waals surface area contributed by atoms with Gasteiger partial charge >= 0.3 is 0 Å². The first kappa shape index (κ1) is 17.3.